The molecule has 142 valence electrons. The molecule has 0 spiro atoms. The maximum atomic E-state index is 11.5. The molecular weight excluding hydrogens is 350 g/mol. The normalized spacial score (nSPS) is 24.4. The number of hydrogen-bond acceptors (Lipinski definition) is 9. The van der Waals surface area contributed by atoms with Gasteiger partial charge in [0.1, 0.15) is 6.61 Å². The molecule has 0 radical (unpaired) electrons. The molecule has 0 N–H and O–H groups in total. The zero-order valence-electron chi connectivity index (χ0n) is 14.7. The van der Waals surface area contributed by atoms with Gasteiger partial charge in [-0.25, -0.2) is 0 Å². The van der Waals surface area contributed by atoms with Crippen LogP contribution in [-0.4, -0.2) is 54.8 Å². The third kappa shape index (κ3) is 6.10. The second-order valence-corrected chi connectivity index (χ2v) is 5.40. The van der Waals surface area contributed by atoms with Crippen molar-refractivity contribution in [3.63, 3.8) is 0 Å². The van der Waals surface area contributed by atoms with Crippen molar-refractivity contribution in [1.29, 1.82) is 0 Å². The first-order valence-corrected chi connectivity index (χ1v) is 7.55. The summed E-state index contributed by atoms with van der Waals surface area (Å²) in [5, 5.41) is 3.52. The van der Waals surface area contributed by atoms with E-state index in [4.69, 9.17) is 24.5 Å². The third-order valence-corrected chi connectivity index (χ3v) is 3.23. The van der Waals surface area contributed by atoms with Crippen molar-refractivity contribution in [3.05, 3.63) is 22.1 Å². The van der Waals surface area contributed by atoms with Crippen LogP contribution in [0.1, 0.15) is 27.7 Å². The zero-order chi connectivity index (χ0) is 19.9. The second kappa shape index (κ2) is 9.42. The first-order valence-electron chi connectivity index (χ1n) is 7.55. The van der Waals surface area contributed by atoms with Gasteiger partial charge in [0.05, 0.1) is 6.04 Å². The fraction of sp³-hybridized carbons (Fsp3) is 0.600. The average molecular weight is 369 g/mol. The number of carbonyl (C=O) groups excluding carboxylic acids is 4. The third-order valence-electron chi connectivity index (χ3n) is 3.23. The minimum Gasteiger partial charge on any atom is -0.461 e. The van der Waals surface area contributed by atoms with Gasteiger partial charge in [-0.05, 0) is 5.53 Å². The Labute approximate surface area is 148 Å². The Morgan fingerprint density at radius 1 is 0.962 bits per heavy atom. The van der Waals surface area contributed by atoms with E-state index in [9.17, 15) is 19.2 Å². The Morgan fingerprint density at radius 3 is 1.96 bits per heavy atom. The van der Waals surface area contributed by atoms with Gasteiger partial charge in [-0.15, -0.1) is 0 Å². The van der Waals surface area contributed by atoms with Crippen LogP contribution in [0.4, 0.5) is 0 Å². The number of nitrogens with zero attached hydrogens (tertiary/aromatic N) is 3. The van der Waals surface area contributed by atoms with Crippen molar-refractivity contribution in [2.75, 3.05) is 6.61 Å². The largest absolute Gasteiger partial charge is 0.461 e. The molecule has 0 amide bonds. The number of rotatable bonds is 6. The van der Waals surface area contributed by atoms with E-state index in [2.05, 4.69) is 10.0 Å². The Balaban J connectivity index is 3.40. The molecule has 0 aromatic rings. The van der Waals surface area contributed by atoms with Gasteiger partial charge in [0.2, 0.25) is 0 Å². The van der Waals surface area contributed by atoms with Gasteiger partial charge in [-0.2, -0.15) is 0 Å². The highest BCUT2D eigenvalue weighted by molar-refractivity contribution is 5.69. The molecule has 1 aliphatic rings. The van der Waals surface area contributed by atoms with Crippen LogP contribution in [0.2, 0.25) is 0 Å². The lowest BCUT2D eigenvalue weighted by Gasteiger charge is -2.38. The van der Waals surface area contributed by atoms with Crippen molar-refractivity contribution < 1.29 is 38.1 Å². The van der Waals surface area contributed by atoms with Gasteiger partial charge < -0.3 is 18.9 Å². The van der Waals surface area contributed by atoms with Crippen LogP contribution in [0.15, 0.2) is 16.8 Å². The van der Waals surface area contributed by atoms with E-state index in [1.165, 1.54) is 13.0 Å². The Bertz CT molecular complexity index is 668. The molecule has 26 heavy (non-hydrogen) atoms. The molecule has 0 fully saturated rings. The Kier molecular flexibility index (Phi) is 7.60. The number of ether oxygens (including phenoxy) is 4. The van der Waals surface area contributed by atoms with Crippen LogP contribution in [-0.2, 0) is 38.1 Å². The van der Waals surface area contributed by atoms with Crippen LogP contribution in [0, 0.1) is 0 Å². The Morgan fingerprint density at radius 2 is 1.50 bits per heavy atom. The van der Waals surface area contributed by atoms with Crippen LogP contribution < -0.4 is 0 Å². The second-order valence-electron chi connectivity index (χ2n) is 5.40. The van der Waals surface area contributed by atoms with Gasteiger partial charge in [0.15, 0.2) is 18.3 Å². The molecule has 11 nitrogen and oxygen atoms in total. The van der Waals surface area contributed by atoms with Crippen LogP contribution in [0.3, 0.4) is 0 Å². The van der Waals surface area contributed by atoms with Crippen molar-refractivity contribution in [2.45, 2.75) is 52.0 Å². The van der Waals surface area contributed by atoms with Crippen molar-refractivity contribution in [1.82, 2.24) is 0 Å². The summed E-state index contributed by atoms with van der Waals surface area (Å²) in [6.07, 6.45) is -2.35. The SMILES string of the molecule is CC(=O)OCC1=C[C@H](N=[N+]=[N-])[C@H](OC(C)=O)[C@@H](OC(C)=O)[C@@H]1OC(C)=O. The predicted octanol–water partition coefficient (Wildman–Crippen LogP) is 0.964. The van der Waals surface area contributed by atoms with E-state index in [0.717, 1.165) is 20.8 Å². The highest BCUT2D eigenvalue weighted by atomic mass is 16.6. The average Bonchev–Trinajstić information content (AvgIpc) is 2.50. The summed E-state index contributed by atoms with van der Waals surface area (Å²) >= 11 is 0. The molecule has 0 aromatic heterocycles. The molecule has 11 heteroatoms. The molecule has 0 aliphatic heterocycles. The van der Waals surface area contributed by atoms with Crippen LogP contribution >= 0.6 is 0 Å². The lowest BCUT2D eigenvalue weighted by atomic mass is 9.88. The van der Waals surface area contributed by atoms with Gasteiger partial charge in [0.25, 0.3) is 0 Å². The first-order chi connectivity index (χ1) is 12.1. The molecule has 0 saturated heterocycles. The van der Waals surface area contributed by atoms with E-state index in [0.29, 0.717) is 0 Å². The number of azide groups is 1. The summed E-state index contributed by atoms with van der Waals surface area (Å²) in [5.74, 6) is -2.76. The molecule has 4 atom stereocenters. The minimum absolute atomic E-state index is 0.224. The lowest BCUT2D eigenvalue weighted by Crippen LogP contribution is -2.53. The van der Waals surface area contributed by atoms with Crippen molar-refractivity contribution >= 4 is 23.9 Å². The maximum Gasteiger partial charge on any atom is 0.303 e. The number of esters is 4. The van der Waals surface area contributed by atoms with Crippen LogP contribution in [0.5, 0.6) is 0 Å². The first kappa shape index (κ1) is 21.0. The van der Waals surface area contributed by atoms with Crippen molar-refractivity contribution in [3.8, 4) is 0 Å². The highest BCUT2D eigenvalue weighted by Crippen LogP contribution is 2.30. The molecule has 1 rings (SSSR count). The zero-order valence-corrected chi connectivity index (χ0v) is 14.7. The minimum atomic E-state index is -1.29. The van der Waals surface area contributed by atoms with E-state index in [-0.39, 0.29) is 12.2 Å². The summed E-state index contributed by atoms with van der Waals surface area (Å²) in [6, 6.07) is -1.06. The number of hydrogen-bond donors (Lipinski definition) is 0. The van der Waals surface area contributed by atoms with Gasteiger partial charge in [-0.1, -0.05) is 11.2 Å². The van der Waals surface area contributed by atoms with Crippen LogP contribution in [0.25, 0.3) is 10.4 Å². The Hall–Kier alpha value is -3.07. The van der Waals surface area contributed by atoms with Gasteiger partial charge in [-0.3, -0.25) is 19.2 Å². The molecule has 0 heterocycles. The molecule has 0 saturated carbocycles. The highest BCUT2D eigenvalue weighted by Gasteiger charge is 2.46. The number of carbonyl (C=O) groups is 4. The predicted molar refractivity (Wildman–Crippen MR) is 84.3 cm³/mol. The summed E-state index contributed by atoms with van der Waals surface area (Å²) in [6.45, 7) is 4.25. The summed E-state index contributed by atoms with van der Waals surface area (Å²) in [4.78, 5) is 48.2. The topological polar surface area (TPSA) is 154 Å². The lowest BCUT2D eigenvalue weighted by molar-refractivity contribution is -0.182. The van der Waals surface area contributed by atoms with E-state index in [1.54, 1.807) is 0 Å². The fourth-order valence-electron chi connectivity index (χ4n) is 2.43. The smallest absolute Gasteiger partial charge is 0.303 e. The molecule has 0 unspecified atom stereocenters. The molecular formula is C15H19N3O8. The molecule has 0 bridgehead atoms. The van der Waals surface area contributed by atoms with E-state index >= 15 is 0 Å². The standard InChI is InChI=1S/C15H19N3O8/c1-7(19)23-6-11-5-12(17-18-16)14(25-9(3)21)15(26-10(4)22)13(11)24-8(2)20/h5,12-15H,6H2,1-4H3/t12-,13+,14-,15-/m0/s1. The summed E-state index contributed by atoms with van der Waals surface area (Å²) in [7, 11) is 0. The maximum absolute atomic E-state index is 11.5. The fourth-order valence-corrected chi connectivity index (χ4v) is 2.43. The van der Waals surface area contributed by atoms with Gasteiger partial charge >= 0.3 is 23.9 Å². The summed E-state index contributed by atoms with van der Waals surface area (Å²) in [5.41, 5.74) is 8.99. The quantitative estimate of drug-likeness (QED) is 0.167. The van der Waals surface area contributed by atoms with Gasteiger partial charge in [0, 0.05) is 38.2 Å². The van der Waals surface area contributed by atoms with E-state index in [1.807, 2.05) is 0 Å². The van der Waals surface area contributed by atoms with E-state index < -0.39 is 48.2 Å². The monoisotopic (exact) mass is 369 g/mol. The molecule has 0 aromatic carbocycles. The summed E-state index contributed by atoms with van der Waals surface area (Å²) < 4.78 is 20.4. The van der Waals surface area contributed by atoms with Crippen molar-refractivity contribution in [2.24, 2.45) is 5.11 Å². The molecule has 1 aliphatic carbocycles.